The zero-order valence-corrected chi connectivity index (χ0v) is 15.3. The van der Waals surface area contributed by atoms with Crippen LogP contribution in [0.25, 0.3) is 0 Å². The largest absolute Gasteiger partial charge is 0.497 e. The van der Waals surface area contributed by atoms with Gasteiger partial charge in [0.25, 0.3) is 0 Å². The van der Waals surface area contributed by atoms with Crippen molar-refractivity contribution < 1.29 is 4.74 Å². The molecule has 134 valence electrons. The molecule has 0 radical (unpaired) electrons. The molecule has 0 aromatic heterocycles. The minimum Gasteiger partial charge on any atom is -0.497 e. The monoisotopic (exact) mass is 340 g/mol. The Morgan fingerprint density at radius 1 is 1.08 bits per heavy atom. The fourth-order valence-corrected chi connectivity index (χ4v) is 2.57. The number of nitrogens with zero attached hydrogens (tertiary/aromatic N) is 2. The Morgan fingerprint density at radius 2 is 1.76 bits per heavy atom. The van der Waals surface area contributed by atoms with Crippen molar-refractivity contribution in [2.45, 2.75) is 26.9 Å². The van der Waals surface area contributed by atoms with Crippen molar-refractivity contribution in [2.24, 2.45) is 10.7 Å². The molecule has 0 bridgehead atoms. The van der Waals surface area contributed by atoms with Gasteiger partial charge in [0.05, 0.1) is 13.7 Å². The van der Waals surface area contributed by atoms with Crippen LogP contribution in [0.3, 0.4) is 0 Å². The maximum Gasteiger partial charge on any atom is 0.193 e. The zero-order chi connectivity index (χ0) is 18.1. The van der Waals surface area contributed by atoms with Gasteiger partial charge in [-0.3, -0.25) is 4.90 Å². The summed E-state index contributed by atoms with van der Waals surface area (Å²) in [5.74, 6) is 1.21. The molecule has 3 N–H and O–H groups in total. The average Bonchev–Trinajstić information content (AvgIpc) is 2.65. The molecule has 0 fully saturated rings. The minimum absolute atomic E-state index is 0.402. The predicted molar refractivity (Wildman–Crippen MR) is 105 cm³/mol. The SMILES string of the molecule is CCN(CC)Cc1cccc(CN=C(N)Nc2ccc(OC)cc2)c1. The van der Waals surface area contributed by atoms with Crippen molar-refractivity contribution in [1.82, 2.24) is 4.90 Å². The van der Waals surface area contributed by atoms with E-state index in [-0.39, 0.29) is 0 Å². The number of nitrogens with two attached hydrogens (primary N) is 1. The molecule has 25 heavy (non-hydrogen) atoms. The molecule has 0 saturated heterocycles. The van der Waals surface area contributed by atoms with Crippen molar-refractivity contribution in [1.29, 1.82) is 0 Å². The summed E-state index contributed by atoms with van der Waals surface area (Å²) in [4.78, 5) is 6.82. The van der Waals surface area contributed by atoms with Crippen LogP contribution >= 0.6 is 0 Å². The van der Waals surface area contributed by atoms with Crippen LogP contribution in [0, 0.1) is 0 Å². The van der Waals surface area contributed by atoms with E-state index in [0.717, 1.165) is 36.6 Å². The van der Waals surface area contributed by atoms with Crippen molar-refractivity contribution in [3.05, 3.63) is 59.7 Å². The summed E-state index contributed by atoms with van der Waals surface area (Å²) in [6.45, 7) is 7.99. The third kappa shape index (κ3) is 6.12. The lowest BCUT2D eigenvalue weighted by molar-refractivity contribution is 0.296. The Morgan fingerprint density at radius 3 is 2.40 bits per heavy atom. The quantitative estimate of drug-likeness (QED) is 0.570. The standard InChI is InChI=1S/C20H28N4O/c1-4-24(5-2)15-17-8-6-7-16(13-17)14-22-20(21)23-18-9-11-19(25-3)12-10-18/h6-13H,4-5,14-15H2,1-3H3,(H3,21,22,23). The van der Waals surface area contributed by atoms with Gasteiger partial charge < -0.3 is 15.8 Å². The molecule has 0 aliphatic heterocycles. The zero-order valence-electron chi connectivity index (χ0n) is 15.3. The first-order valence-corrected chi connectivity index (χ1v) is 8.65. The Labute approximate surface area is 150 Å². The Kier molecular flexibility index (Phi) is 7.29. The van der Waals surface area contributed by atoms with Crippen molar-refractivity contribution in [3.8, 4) is 5.75 Å². The summed E-state index contributed by atoms with van der Waals surface area (Å²) in [6, 6.07) is 16.1. The summed E-state index contributed by atoms with van der Waals surface area (Å²) >= 11 is 0. The topological polar surface area (TPSA) is 62.9 Å². The second-order valence-corrected chi connectivity index (χ2v) is 5.84. The Bertz CT molecular complexity index is 678. The number of methoxy groups -OCH3 is 1. The Balaban J connectivity index is 1.95. The molecule has 0 unspecified atom stereocenters. The van der Waals surface area contributed by atoms with Gasteiger partial charge in [0, 0.05) is 12.2 Å². The fourth-order valence-electron chi connectivity index (χ4n) is 2.57. The van der Waals surface area contributed by atoms with Crippen LogP contribution in [0.4, 0.5) is 5.69 Å². The molecule has 0 atom stereocenters. The lowest BCUT2D eigenvalue weighted by atomic mass is 10.1. The molecular weight excluding hydrogens is 312 g/mol. The van der Waals surface area contributed by atoms with E-state index in [1.54, 1.807) is 7.11 Å². The van der Waals surface area contributed by atoms with Crippen molar-refractivity contribution in [3.63, 3.8) is 0 Å². The molecule has 0 aliphatic rings. The van der Waals surface area contributed by atoms with E-state index in [1.165, 1.54) is 5.56 Å². The molecule has 5 nitrogen and oxygen atoms in total. The summed E-state index contributed by atoms with van der Waals surface area (Å²) in [5, 5.41) is 3.09. The van der Waals surface area contributed by atoms with E-state index in [9.17, 15) is 0 Å². The van der Waals surface area contributed by atoms with Crippen LogP contribution < -0.4 is 15.8 Å². The van der Waals surface area contributed by atoms with Gasteiger partial charge >= 0.3 is 0 Å². The maximum absolute atomic E-state index is 5.99. The first kappa shape index (κ1) is 18.8. The molecule has 0 amide bonds. The van der Waals surface area contributed by atoms with E-state index >= 15 is 0 Å². The van der Waals surface area contributed by atoms with Crippen LogP contribution in [0.2, 0.25) is 0 Å². The number of hydrogen-bond acceptors (Lipinski definition) is 3. The molecule has 0 aliphatic carbocycles. The van der Waals surface area contributed by atoms with E-state index in [1.807, 2.05) is 24.3 Å². The number of guanidine groups is 1. The highest BCUT2D eigenvalue weighted by Gasteiger charge is 2.02. The molecule has 0 saturated carbocycles. The van der Waals surface area contributed by atoms with Gasteiger partial charge in [0.2, 0.25) is 0 Å². The lowest BCUT2D eigenvalue weighted by Crippen LogP contribution is -2.22. The molecule has 2 aromatic carbocycles. The highest BCUT2D eigenvalue weighted by Crippen LogP contribution is 2.15. The van der Waals surface area contributed by atoms with Gasteiger partial charge in [-0.1, -0.05) is 38.1 Å². The number of ether oxygens (including phenoxy) is 1. The summed E-state index contributed by atoms with van der Waals surface area (Å²) in [6.07, 6.45) is 0. The van der Waals surface area contributed by atoms with Crippen LogP contribution in [0.5, 0.6) is 5.75 Å². The van der Waals surface area contributed by atoms with Gasteiger partial charge in [0.15, 0.2) is 5.96 Å². The van der Waals surface area contributed by atoms with E-state index in [4.69, 9.17) is 10.5 Å². The number of anilines is 1. The van der Waals surface area contributed by atoms with Crippen LogP contribution in [-0.4, -0.2) is 31.1 Å². The van der Waals surface area contributed by atoms with Crippen molar-refractivity contribution >= 4 is 11.6 Å². The highest BCUT2D eigenvalue weighted by molar-refractivity contribution is 5.92. The fraction of sp³-hybridized carbons (Fsp3) is 0.350. The smallest absolute Gasteiger partial charge is 0.193 e. The number of rotatable bonds is 8. The first-order valence-electron chi connectivity index (χ1n) is 8.65. The van der Waals surface area contributed by atoms with Crippen LogP contribution in [0.15, 0.2) is 53.5 Å². The number of benzene rings is 2. The molecule has 0 heterocycles. The summed E-state index contributed by atoms with van der Waals surface area (Å²) in [5.41, 5.74) is 9.33. The number of nitrogens with one attached hydrogen (secondary N) is 1. The highest BCUT2D eigenvalue weighted by atomic mass is 16.5. The lowest BCUT2D eigenvalue weighted by Gasteiger charge is -2.18. The van der Waals surface area contributed by atoms with Gasteiger partial charge in [-0.05, 0) is 48.5 Å². The summed E-state index contributed by atoms with van der Waals surface area (Å²) in [7, 11) is 1.65. The van der Waals surface area contributed by atoms with Gasteiger partial charge in [-0.15, -0.1) is 0 Å². The molecule has 5 heteroatoms. The average molecular weight is 340 g/mol. The summed E-state index contributed by atoms with van der Waals surface area (Å²) < 4.78 is 5.14. The minimum atomic E-state index is 0.402. The Hall–Kier alpha value is -2.53. The molecule has 2 rings (SSSR count). The van der Waals surface area contributed by atoms with E-state index < -0.39 is 0 Å². The second kappa shape index (κ2) is 9.69. The number of aliphatic imine (C=N–C) groups is 1. The predicted octanol–water partition coefficient (Wildman–Crippen LogP) is 3.46. The van der Waals surface area contributed by atoms with Gasteiger partial charge in [0.1, 0.15) is 5.75 Å². The second-order valence-electron chi connectivity index (χ2n) is 5.84. The van der Waals surface area contributed by atoms with Crippen molar-refractivity contribution in [2.75, 3.05) is 25.5 Å². The maximum atomic E-state index is 5.99. The normalized spacial score (nSPS) is 11.6. The van der Waals surface area contributed by atoms with Crippen LogP contribution in [-0.2, 0) is 13.1 Å². The number of hydrogen-bond donors (Lipinski definition) is 2. The molecule has 0 spiro atoms. The van der Waals surface area contributed by atoms with Gasteiger partial charge in [-0.2, -0.15) is 0 Å². The molecule has 2 aromatic rings. The van der Waals surface area contributed by atoms with Gasteiger partial charge in [-0.25, -0.2) is 4.99 Å². The van der Waals surface area contributed by atoms with Crippen LogP contribution in [0.1, 0.15) is 25.0 Å². The van der Waals surface area contributed by atoms with E-state index in [0.29, 0.717) is 12.5 Å². The first-order chi connectivity index (χ1) is 12.1. The third-order valence-electron chi connectivity index (χ3n) is 4.09. The van der Waals surface area contributed by atoms with E-state index in [2.05, 4.69) is 53.3 Å². The molecular formula is C20H28N4O. The third-order valence-corrected chi connectivity index (χ3v) is 4.09.